The second kappa shape index (κ2) is 9.38. The van der Waals surface area contributed by atoms with Crippen LogP contribution < -0.4 is 10.1 Å². The van der Waals surface area contributed by atoms with Gasteiger partial charge in [0, 0.05) is 32.1 Å². The van der Waals surface area contributed by atoms with E-state index in [9.17, 15) is 9.18 Å². The zero-order chi connectivity index (χ0) is 21.8. The number of nitrogens with zero attached hydrogens (tertiary/aromatic N) is 3. The summed E-state index contributed by atoms with van der Waals surface area (Å²) >= 11 is 0. The first-order valence-corrected chi connectivity index (χ1v) is 10.3. The zero-order valence-corrected chi connectivity index (χ0v) is 17.6. The van der Waals surface area contributed by atoms with Crippen LogP contribution >= 0.6 is 0 Å². The van der Waals surface area contributed by atoms with Crippen LogP contribution in [0.3, 0.4) is 0 Å². The molecule has 31 heavy (non-hydrogen) atoms. The third-order valence-corrected chi connectivity index (χ3v) is 5.52. The summed E-state index contributed by atoms with van der Waals surface area (Å²) < 4.78 is 24.0. The van der Waals surface area contributed by atoms with Gasteiger partial charge in [0.05, 0.1) is 12.8 Å². The van der Waals surface area contributed by atoms with Crippen LogP contribution in [0, 0.1) is 18.7 Å². The Morgan fingerprint density at radius 1 is 1.26 bits per heavy atom. The third-order valence-electron chi connectivity index (χ3n) is 5.52. The van der Waals surface area contributed by atoms with E-state index in [4.69, 9.17) is 14.3 Å². The van der Waals surface area contributed by atoms with Gasteiger partial charge in [-0.3, -0.25) is 4.79 Å². The Morgan fingerprint density at radius 3 is 2.84 bits per heavy atom. The molecule has 0 saturated carbocycles. The fraction of sp³-hybridized carbons (Fsp3) is 0.455. The lowest BCUT2D eigenvalue weighted by atomic mass is 9.90. The number of rotatable bonds is 6. The van der Waals surface area contributed by atoms with E-state index in [1.54, 1.807) is 25.1 Å². The topological polar surface area (TPSA) is 94.9 Å². The maximum Gasteiger partial charge on any atom is 0.270 e. The van der Waals surface area contributed by atoms with Crippen molar-refractivity contribution in [3.8, 4) is 5.75 Å². The van der Waals surface area contributed by atoms with Gasteiger partial charge in [-0.2, -0.15) is 0 Å². The minimum atomic E-state index is -0.452. The van der Waals surface area contributed by atoms with Crippen LogP contribution in [0.1, 0.15) is 46.8 Å². The number of halogens is 1. The Bertz CT molecular complexity index is 991. The highest BCUT2D eigenvalue weighted by Crippen LogP contribution is 2.28. The molecule has 2 aromatic rings. The fourth-order valence-corrected chi connectivity index (χ4v) is 3.81. The Hall–Kier alpha value is -3.07. The molecule has 164 valence electrons. The van der Waals surface area contributed by atoms with Gasteiger partial charge in [-0.15, -0.1) is 0 Å². The predicted octanol–water partition coefficient (Wildman–Crippen LogP) is 2.78. The van der Waals surface area contributed by atoms with Crippen molar-refractivity contribution in [2.24, 2.45) is 11.1 Å². The number of aromatic nitrogens is 2. The lowest BCUT2D eigenvalue weighted by Crippen LogP contribution is -2.28. The number of hydrogen-bond acceptors (Lipinski definition) is 7. The summed E-state index contributed by atoms with van der Waals surface area (Å²) in [5.74, 6) is 0.213. The molecule has 1 saturated heterocycles. The molecule has 2 aliphatic rings. The third kappa shape index (κ3) is 4.99. The lowest BCUT2D eigenvalue weighted by Gasteiger charge is -2.25. The summed E-state index contributed by atoms with van der Waals surface area (Å²) in [6.45, 7) is 3.44. The molecule has 1 atom stereocenters. The minimum absolute atomic E-state index is 0.0138. The summed E-state index contributed by atoms with van der Waals surface area (Å²) in [7, 11) is 1.40. The quantitative estimate of drug-likeness (QED) is 0.760. The van der Waals surface area contributed by atoms with Crippen molar-refractivity contribution < 1.29 is 23.5 Å². The summed E-state index contributed by atoms with van der Waals surface area (Å²) in [4.78, 5) is 27.0. The van der Waals surface area contributed by atoms with Gasteiger partial charge in [0.2, 0.25) is 0 Å². The average molecular weight is 428 g/mol. The smallest absolute Gasteiger partial charge is 0.270 e. The van der Waals surface area contributed by atoms with Crippen molar-refractivity contribution in [1.29, 1.82) is 0 Å². The van der Waals surface area contributed by atoms with Crippen molar-refractivity contribution in [2.75, 3.05) is 20.3 Å². The second-order valence-corrected chi connectivity index (χ2v) is 7.67. The van der Waals surface area contributed by atoms with E-state index in [0.29, 0.717) is 29.4 Å². The van der Waals surface area contributed by atoms with Crippen molar-refractivity contribution in [3.63, 3.8) is 0 Å². The molecule has 1 N–H and O–H groups in total. The molecule has 0 bridgehead atoms. The van der Waals surface area contributed by atoms with Crippen LogP contribution in [0.15, 0.2) is 29.4 Å². The Balaban J connectivity index is 1.42. The fourth-order valence-electron chi connectivity index (χ4n) is 3.81. The van der Waals surface area contributed by atoms with Gasteiger partial charge in [0.15, 0.2) is 11.6 Å². The average Bonchev–Trinajstić information content (AvgIpc) is 3.29. The molecule has 1 amide bonds. The SMILES string of the molecule is COc1cc(CNC(=O)c2cc(C3=NOC(C4CCOCC4)C3)nc(C)n2)ccc1F. The van der Waals surface area contributed by atoms with Gasteiger partial charge in [0.25, 0.3) is 5.91 Å². The second-order valence-electron chi connectivity index (χ2n) is 7.67. The number of ether oxygens (including phenoxy) is 2. The number of nitrogens with one attached hydrogen (secondary N) is 1. The molecule has 9 heteroatoms. The summed E-state index contributed by atoms with van der Waals surface area (Å²) in [6.07, 6.45) is 2.58. The number of aryl methyl sites for hydroxylation is 1. The molecule has 3 heterocycles. The van der Waals surface area contributed by atoms with Gasteiger partial charge in [-0.25, -0.2) is 14.4 Å². The van der Waals surface area contributed by atoms with E-state index in [0.717, 1.165) is 31.8 Å². The van der Waals surface area contributed by atoms with Crippen molar-refractivity contribution in [1.82, 2.24) is 15.3 Å². The monoisotopic (exact) mass is 428 g/mol. The van der Waals surface area contributed by atoms with E-state index < -0.39 is 5.82 Å². The van der Waals surface area contributed by atoms with Crippen LogP contribution in [-0.2, 0) is 16.1 Å². The maximum absolute atomic E-state index is 13.6. The first-order valence-electron chi connectivity index (χ1n) is 10.3. The number of oxime groups is 1. The van der Waals surface area contributed by atoms with Crippen LogP contribution in [0.25, 0.3) is 0 Å². The molecular weight excluding hydrogens is 403 g/mol. The molecular formula is C22H25FN4O4. The Kier molecular flexibility index (Phi) is 6.41. The first kappa shape index (κ1) is 21.2. The highest BCUT2D eigenvalue weighted by atomic mass is 19.1. The molecule has 0 aliphatic carbocycles. The van der Waals surface area contributed by atoms with E-state index in [1.165, 1.54) is 13.2 Å². The van der Waals surface area contributed by atoms with Gasteiger partial charge in [-0.1, -0.05) is 11.2 Å². The van der Waals surface area contributed by atoms with E-state index in [-0.39, 0.29) is 30.0 Å². The van der Waals surface area contributed by atoms with Crippen molar-refractivity contribution in [3.05, 3.63) is 52.9 Å². The van der Waals surface area contributed by atoms with Gasteiger partial charge < -0.3 is 19.6 Å². The van der Waals surface area contributed by atoms with Gasteiger partial charge in [-0.05, 0) is 43.5 Å². The standard InChI is InChI=1S/C22H25FN4O4/c1-13-25-17(18-11-20(31-27-18)15-5-7-30-8-6-15)10-19(26-13)22(28)24-12-14-3-4-16(23)21(9-14)29-2/h3-4,9-10,15,20H,5-8,11-12H2,1-2H3,(H,24,28). The molecule has 1 fully saturated rings. The number of benzene rings is 1. The molecule has 0 spiro atoms. The number of hydrogen-bond donors (Lipinski definition) is 1. The van der Waals surface area contributed by atoms with Gasteiger partial charge >= 0.3 is 0 Å². The number of carbonyl (C=O) groups is 1. The van der Waals surface area contributed by atoms with Crippen LogP contribution in [0.4, 0.5) is 4.39 Å². The molecule has 4 rings (SSSR count). The largest absolute Gasteiger partial charge is 0.494 e. The number of carbonyl (C=O) groups excluding carboxylic acids is 1. The number of amides is 1. The molecule has 0 radical (unpaired) electrons. The van der Waals surface area contributed by atoms with Crippen LogP contribution in [0.2, 0.25) is 0 Å². The van der Waals surface area contributed by atoms with E-state index in [1.807, 2.05) is 0 Å². The minimum Gasteiger partial charge on any atom is -0.494 e. The number of methoxy groups -OCH3 is 1. The van der Waals surface area contributed by atoms with Crippen LogP contribution in [0.5, 0.6) is 5.75 Å². The van der Waals surface area contributed by atoms with E-state index >= 15 is 0 Å². The normalized spacial score (nSPS) is 18.9. The highest BCUT2D eigenvalue weighted by Gasteiger charge is 2.32. The molecule has 1 aromatic carbocycles. The Morgan fingerprint density at radius 2 is 2.06 bits per heavy atom. The highest BCUT2D eigenvalue weighted by molar-refractivity contribution is 6.01. The Labute approximate surface area is 179 Å². The molecule has 1 aromatic heterocycles. The van der Waals surface area contributed by atoms with E-state index in [2.05, 4.69) is 20.4 Å². The van der Waals surface area contributed by atoms with Crippen molar-refractivity contribution >= 4 is 11.6 Å². The van der Waals surface area contributed by atoms with Crippen LogP contribution in [-0.4, -0.2) is 48.0 Å². The zero-order valence-electron chi connectivity index (χ0n) is 17.6. The summed E-state index contributed by atoms with van der Waals surface area (Å²) in [5.41, 5.74) is 2.27. The van der Waals surface area contributed by atoms with Gasteiger partial charge in [0.1, 0.15) is 23.3 Å². The summed E-state index contributed by atoms with van der Waals surface area (Å²) in [5, 5.41) is 7.03. The first-order chi connectivity index (χ1) is 15.0. The maximum atomic E-state index is 13.6. The summed E-state index contributed by atoms with van der Waals surface area (Å²) in [6, 6.07) is 6.08. The molecule has 1 unspecified atom stereocenters. The molecule has 2 aliphatic heterocycles. The molecule has 8 nitrogen and oxygen atoms in total. The lowest BCUT2D eigenvalue weighted by molar-refractivity contribution is -0.0171. The predicted molar refractivity (Wildman–Crippen MR) is 110 cm³/mol. The van der Waals surface area contributed by atoms with Crippen molar-refractivity contribution in [2.45, 2.75) is 38.8 Å².